The van der Waals surface area contributed by atoms with Crippen molar-refractivity contribution in [3.05, 3.63) is 70.2 Å². The third kappa shape index (κ3) is 5.39. The summed E-state index contributed by atoms with van der Waals surface area (Å²) in [7, 11) is 1.84. The first-order valence-corrected chi connectivity index (χ1v) is 8.69. The highest BCUT2D eigenvalue weighted by atomic mass is 35.5. The van der Waals surface area contributed by atoms with Crippen LogP contribution in [-0.4, -0.2) is 23.6 Å². The second kappa shape index (κ2) is 8.25. The minimum absolute atomic E-state index is 0.146. The molecule has 0 spiro atoms. The number of thioether (sulfide) groups is 1. The highest BCUT2D eigenvalue weighted by molar-refractivity contribution is 7.99. The van der Waals surface area contributed by atoms with Gasteiger partial charge < -0.3 is 4.90 Å². The number of hydrogen-bond acceptors (Lipinski definition) is 2. The molecule has 0 fully saturated rings. The molecule has 1 amide bonds. The first-order chi connectivity index (χ1) is 10.5. The molecule has 4 heteroatoms. The van der Waals surface area contributed by atoms with Crippen LogP contribution in [0.15, 0.2) is 48.5 Å². The fraction of sp³-hybridized carbons (Fsp3) is 0.278. The molecular formula is C18H20ClNOS. The average molecular weight is 334 g/mol. The number of aryl methyl sites for hydroxylation is 1. The van der Waals surface area contributed by atoms with Crippen molar-refractivity contribution in [1.82, 2.24) is 4.90 Å². The van der Waals surface area contributed by atoms with Crippen molar-refractivity contribution >= 4 is 29.3 Å². The van der Waals surface area contributed by atoms with Crippen LogP contribution < -0.4 is 0 Å². The van der Waals surface area contributed by atoms with E-state index in [-0.39, 0.29) is 5.91 Å². The smallest absolute Gasteiger partial charge is 0.232 e. The Kier molecular flexibility index (Phi) is 6.34. The van der Waals surface area contributed by atoms with Gasteiger partial charge in [-0.15, -0.1) is 11.8 Å². The molecule has 2 aromatic rings. The normalized spacial score (nSPS) is 10.5. The molecule has 0 N–H and O–H groups in total. The van der Waals surface area contributed by atoms with Crippen molar-refractivity contribution in [3.8, 4) is 0 Å². The Labute approximate surface area is 141 Å². The van der Waals surface area contributed by atoms with Gasteiger partial charge in [-0.25, -0.2) is 0 Å². The molecule has 0 bridgehead atoms. The van der Waals surface area contributed by atoms with Gasteiger partial charge in [-0.3, -0.25) is 4.79 Å². The lowest BCUT2D eigenvalue weighted by Gasteiger charge is -2.17. The molecule has 2 rings (SSSR count). The SMILES string of the molecule is Cc1cccc(CSCC(=O)N(C)Cc2ccc(Cl)cc2)c1. The van der Waals surface area contributed by atoms with Crippen LogP contribution in [0.1, 0.15) is 16.7 Å². The van der Waals surface area contributed by atoms with Crippen LogP contribution >= 0.6 is 23.4 Å². The summed E-state index contributed by atoms with van der Waals surface area (Å²) in [6.07, 6.45) is 0. The molecule has 0 aliphatic rings. The predicted molar refractivity (Wildman–Crippen MR) is 95.3 cm³/mol. The third-order valence-electron chi connectivity index (χ3n) is 3.34. The monoisotopic (exact) mass is 333 g/mol. The summed E-state index contributed by atoms with van der Waals surface area (Å²) in [5.41, 5.74) is 3.60. The van der Waals surface area contributed by atoms with Crippen LogP contribution in [-0.2, 0) is 17.1 Å². The fourth-order valence-corrected chi connectivity index (χ4v) is 3.16. The molecule has 0 radical (unpaired) electrons. The van der Waals surface area contributed by atoms with Gasteiger partial charge in [0.1, 0.15) is 0 Å². The van der Waals surface area contributed by atoms with E-state index in [0.717, 1.165) is 11.3 Å². The average Bonchev–Trinajstić information content (AvgIpc) is 2.49. The number of nitrogens with zero attached hydrogens (tertiary/aromatic N) is 1. The Hall–Kier alpha value is -1.45. The van der Waals surface area contributed by atoms with Crippen molar-refractivity contribution in [1.29, 1.82) is 0 Å². The maximum absolute atomic E-state index is 12.2. The maximum atomic E-state index is 12.2. The molecule has 0 atom stereocenters. The van der Waals surface area contributed by atoms with E-state index in [1.807, 2.05) is 31.3 Å². The summed E-state index contributed by atoms with van der Waals surface area (Å²) < 4.78 is 0. The summed E-state index contributed by atoms with van der Waals surface area (Å²) in [4.78, 5) is 13.9. The van der Waals surface area contributed by atoms with E-state index in [1.165, 1.54) is 11.1 Å². The lowest BCUT2D eigenvalue weighted by atomic mass is 10.2. The molecule has 0 aromatic heterocycles. The zero-order valence-electron chi connectivity index (χ0n) is 12.9. The van der Waals surface area contributed by atoms with Crippen LogP contribution in [0.5, 0.6) is 0 Å². The first-order valence-electron chi connectivity index (χ1n) is 7.16. The Morgan fingerprint density at radius 2 is 1.86 bits per heavy atom. The van der Waals surface area contributed by atoms with Gasteiger partial charge >= 0.3 is 0 Å². The molecule has 116 valence electrons. The van der Waals surface area contributed by atoms with E-state index in [4.69, 9.17) is 11.6 Å². The second-order valence-corrected chi connectivity index (χ2v) is 6.78. The van der Waals surface area contributed by atoms with Crippen LogP contribution in [0.25, 0.3) is 0 Å². The standard InChI is InChI=1S/C18H20ClNOS/c1-14-4-3-5-16(10-14)12-22-13-18(21)20(2)11-15-6-8-17(19)9-7-15/h3-10H,11-13H2,1-2H3. The summed E-state index contributed by atoms with van der Waals surface area (Å²) in [6, 6.07) is 16.0. The van der Waals surface area contributed by atoms with Crippen molar-refractivity contribution in [2.24, 2.45) is 0 Å². The largest absolute Gasteiger partial charge is 0.341 e. The number of carbonyl (C=O) groups is 1. The quantitative estimate of drug-likeness (QED) is 0.773. The molecule has 0 heterocycles. The van der Waals surface area contributed by atoms with Gasteiger partial charge in [0.25, 0.3) is 0 Å². The fourth-order valence-electron chi connectivity index (χ4n) is 2.12. The summed E-state index contributed by atoms with van der Waals surface area (Å²) in [5.74, 6) is 1.51. The molecular weight excluding hydrogens is 314 g/mol. The van der Waals surface area contributed by atoms with Gasteiger partial charge in [-0.05, 0) is 30.2 Å². The van der Waals surface area contributed by atoms with Gasteiger partial charge in [0.2, 0.25) is 5.91 Å². The number of hydrogen-bond donors (Lipinski definition) is 0. The van der Waals surface area contributed by atoms with E-state index in [1.54, 1.807) is 16.7 Å². The Morgan fingerprint density at radius 3 is 2.55 bits per heavy atom. The van der Waals surface area contributed by atoms with Gasteiger partial charge in [0.05, 0.1) is 5.75 Å². The van der Waals surface area contributed by atoms with Crippen molar-refractivity contribution in [2.75, 3.05) is 12.8 Å². The lowest BCUT2D eigenvalue weighted by Crippen LogP contribution is -2.27. The zero-order valence-corrected chi connectivity index (χ0v) is 14.5. The molecule has 22 heavy (non-hydrogen) atoms. The van der Waals surface area contributed by atoms with Crippen LogP contribution in [0.2, 0.25) is 5.02 Å². The Balaban J connectivity index is 1.77. The van der Waals surface area contributed by atoms with E-state index >= 15 is 0 Å². The van der Waals surface area contributed by atoms with Crippen LogP contribution in [0.3, 0.4) is 0 Å². The lowest BCUT2D eigenvalue weighted by molar-refractivity contribution is -0.127. The number of carbonyl (C=O) groups excluding carboxylic acids is 1. The highest BCUT2D eigenvalue weighted by Gasteiger charge is 2.09. The molecule has 0 aliphatic heterocycles. The van der Waals surface area contributed by atoms with Crippen molar-refractivity contribution < 1.29 is 4.79 Å². The van der Waals surface area contributed by atoms with Gasteiger partial charge in [-0.2, -0.15) is 0 Å². The molecule has 0 saturated carbocycles. The van der Waals surface area contributed by atoms with Crippen molar-refractivity contribution in [2.45, 2.75) is 19.2 Å². The molecule has 2 aromatic carbocycles. The number of benzene rings is 2. The Bertz CT molecular complexity index is 627. The minimum Gasteiger partial charge on any atom is -0.341 e. The van der Waals surface area contributed by atoms with Crippen LogP contribution in [0.4, 0.5) is 0 Å². The number of amides is 1. The van der Waals surface area contributed by atoms with E-state index in [0.29, 0.717) is 17.3 Å². The predicted octanol–water partition coefficient (Wildman–Crippen LogP) is 4.54. The zero-order chi connectivity index (χ0) is 15.9. The summed E-state index contributed by atoms with van der Waals surface area (Å²) in [6.45, 7) is 2.69. The first kappa shape index (κ1) is 16.9. The van der Waals surface area contributed by atoms with Gasteiger partial charge in [0, 0.05) is 24.4 Å². The van der Waals surface area contributed by atoms with Gasteiger partial charge in [0.15, 0.2) is 0 Å². The number of rotatable bonds is 6. The summed E-state index contributed by atoms with van der Waals surface area (Å²) in [5, 5.41) is 0.714. The van der Waals surface area contributed by atoms with Gasteiger partial charge in [-0.1, -0.05) is 53.6 Å². The van der Waals surface area contributed by atoms with Crippen LogP contribution in [0, 0.1) is 6.92 Å². The molecule has 0 unspecified atom stereocenters. The minimum atomic E-state index is 0.146. The van der Waals surface area contributed by atoms with E-state index < -0.39 is 0 Å². The topological polar surface area (TPSA) is 20.3 Å². The third-order valence-corrected chi connectivity index (χ3v) is 4.58. The highest BCUT2D eigenvalue weighted by Crippen LogP contribution is 2.15. The molecule has 0 saturated heterocycles. The molecule has 0 aliphatic carbocycles. The number of halogens is 1. The molecule has 2 nitrogen and oxygen atoms in total. The second-order valence-electron chi connectivity index (χ2n) is 5.36. The Morgan fingerprint density at radius 1 is 1.14 bits per heavy atom. The maximum Gasteiger partial charge on any atom is 0.232 e. The summed E-state index contributed by atoms with van der Waals surface area (Å²) >= 11 is 7.52. The van der Waals surface area contributed by atoms with E-state index in [9.17, 15) is 4.79 Å². The van der Waals surface area contributed by atoms with Crippen molar-refractivity contribution in [3.63, 3.8) is 0 Å². The van der Waals surface area contributed by atoms with E-state index in [2.05, 4.69) is 31.2 Å².